The average Bonchev–Trinajstić information content (AvgIpc) is 3.41. The summed E-state index contributed by atoms with van der Waals surface area (Å²) in [7, 11) is 0. The van der Waals surface area contributed by atoms with Crippen molar-refractivity contribution in [3.8, 4) is 0 Å². The third-order valence-electron chi connectivity index (χ3n) is 5.84. The molecular formula is C34H61NO4S. The molecule has 40 heavy (non-hydrogen) atoms. The summed E-state index contributed by atoms with van der Waals surface area (Å²) in [6, 6.07) is 3.77. The van der Waals surface area contributed by atoms with Crippen LogP contribution in [0.1, 0.15) is 129 Å². The summed E-state index contributed by atoms with van der Waals surface area (Å²) in [5, 5.41) is 11.2. The Morgan fingerprint density at radius 2 is 1.73 bits per heavy atom. The van der Waals surface area contributed by atoms with Crippen molar-refractivity contribution in [2.24, 2.45) is 17.8 Å². The molecule has 1 aromatic heterocycles. The van der Waals surface area contributed by atoms with E-state index in [2.05, 4.69) is 80.3 Å². The molecule has 5 nitrogen and oxygen atoms in total. The third-order valence-corrected chi connectivity index (χ3v) is 7.09. The van der Waals surface area contributed by atoms with E-state index in [1.807, 2.05) is 32.1 Å². The molecule has 1 heterocycles. The Morgan fingerprint density at radius 1 is 1.10 bits per heavy atom. The minimum atomic E-state index is -0.920. The molecule has 0 bridgehead atoms. The predicted octanol–water partition coefficient (Wildman–Crippen LogP) is 10.3. The Morgan fingerprint density at radius 3 is 2.12 bits per heavy atom. The van der Waals surface area contributed by atoms with Crippen molar-refractivity contribution in [1.82, 2.24) is 5.32 Å². The van der Waals surface area contributed by atoms with Crippen molar-refractivity contribution >= 4 is 23.2 Å². The van der Waals surface area contributed by atoms with Crippen LogP contribution >= 0.6 is 11.3 Å². The predicted molar refractivity (Wildman–Crippen MR) is 176 cm³/mol. The highest BCUT2D eigenvalue weighted by Gasteiger charge is 2.18. The second-order valence-electron chi connectivity index (χ2n) is 10.3. The van der Waals surface area contributed by atoms with Gasteiger partial charge in [-0.05, 0) is 69.4 Å². The number of hydrogen-bond donors (Lipinski definition) is 2. The number of allylic oxidation sites excluding steroid dienone is 4. The summed E-state index contributed by atoms with van der Waals surface area (Å²) in [4.78, 5) is 24.3. The Labute approximate surface area is 251 Å². The Bertz CT molecular complexity index is 824. The fraction of sp³-hybridized carbons (Fsp3) is 0.647. The highest BCUT2D eigenvalue weighted by molar-refractivity contribution is 7.14. The molecule has 0 saturated heterocycles. The maximum atomic E-state index is 12.0. The van der Waals surface area contributed by atoms with Crippen LogP contribution in [0.25, 0.3) is 0 Å². The van der Waals surface area contributed by atoms with E-state index in [4.69, 9.17) is 9.84 Å². The first kappa shape index (κ1) is 42.1. The van der Waals surface area contributed by atoms with Gasteiger partial charge in [0.05, 0.1) is 24.2 Å². The molecule has 0 saturated carbocycles. The van der Waals surface area contributed by atoms with E-state index in [1.54, 1.807) is 12.3 Å². The van der Waals surface area contributed by atoms with Crippen LogP contribution in [0.2, 0.25) is 0 Å². The number of rotatable bonds is 15. The number of hydrogen-bond acceptors (Lipinski definition) is 4. The van der Waals surface area contributed by atoms with Gasteiger partial charge in [0.25, 0.3) is 5.91 Å². The Hall–Kier alpha value is -2.34. The smallest absolute Gasteiger partial charge is 0.305 e. The first-order chi connectivity index (χ1) is 18.9. The van der Waals surface area contributed by atoms with Crippen molar-refractivity contribution in [1.29, 1.82) is 0 Å². The van der Waals surface area contributed by atoms with Crippen LogP contribution in [0, 0.1) is 17.8 Å². The number of carboxylic acid groups (broad SMARTS) is 1. The molecule has 2 unspecified atom stereocenters. The van der Waals surface area contributed by atoms with E-state index in [-0.39, 0.29) is 24.8 Å². The van der Waals surface area contributed by atoms with Crippen LogP contribution < -0.4 is 5.32 Å². The second-order valence-corrected chi connectivity index (χ2v) is 11.4. The van der Waals surface area contributed by atoms with Crippen LogP contribution in [-0.2, 0) is 9.53 Å². The molecule has 0 aromatic carbocycles. The Balaban J connectivity index is -0.000000700. The zero-order valence-electron chi connectivity index (χ0n) is 27.5. The van der Waals surface area contributed by atoms with Gasteiger partial charge >= 0.3 is 5.97 Å². The maximum absolute atomic E-state index is 12.0. The lowest BCUT2D eigenvalue weighted by atomic mass is 9.96. The minimum absolute atomic E-state index is 0.0719. The molecule has 232 valence electrons. The summed E-state index contributed by atoms with van der Waals surface area (Å²) < 4.78 is 5.61. The zero-order chi connectivity index (χ0) is 31.5. The topological polar surface area (TPSA) is 75.6 Å². The summed E-state index contributed by atoms with van der Waals surface area (Å²) in [6.45, 7) is 27.9. The van der Waals surface area contributed by atoms with E-state index in [0.717, 1.165) is 36.0 Å². The van der Waals surface area contributed by atoms with Crippen LogP contribution in [-0.4, -0.2) is 30.1 Å². The molecule has 6 heteroatoms. The van der Waals surface area contributed by atoms with Gasteiger partial charge in [-0.1, -0.05) is 86.1 Å². The van der Waals surface area contributed by atoms with Crippen molar-refractivity contribution in [2.75, 3.05) is 13.2 Å². The number of ether oxygens (including phenoxy) is 1. The third kappa shape index (κ3) is 24.7. The van der Waals surface area contributed by atoms with E-state index >= 15 is 0 Å². The number of carboxylic acids is 1. The monoisotopic (exact) mass is 579 g/mol. The van der Waals surface area contributed by atoms with Gasteiger partial charge in [-0.15, -0.1) is 17.9 Å². The van der Waals surface area contributed by atoms with Crippen LogP contribution in [0.15, 0.2) is 48.8 Å². The van der Waals surface area contributed by atoms with Gasteiger partial charge in [-0.2, -0.15) is 0 Å². The largest absolute Gasteiger partial charge is 0.501 e. The molecule has 0 aliphatic carbocycles. The molecule has 0 aliphatic rings. The van der Waals surface area contributed by atoms with Crippen molar-refractivity contribution in [3.63, 3.8) is 0 Å². The molecule has 2 atom stereocenters. The number of carbonyl (C=O) groups is 2. The molecule has 0 aliphatic heterocycles. The van der Waals surface area contributed by atoms with Gasteiger partial charge in [0.15, 0.2) is 0 Å². The average molecular weight is 580 g/mol. The molecule has 0 fully saturated rings. The summed E-state index contributed by atoms with van der Waals surface area (Å²) >= 11 is 1.45. The summed E-state index contributed by atoms with van der Waals surface area (Å²) in [6.07, 6.45) is 12.1. The highest BCUT2D eigenvalue weighted by Crippen LogP contribution is 2.30. The lowest BCUT2D eigenvalue weighted by molar-refractivity contribution is -0.136. The quantitative estimate of drug-likeness (QED) is 0.160. The highest BCUT2D eigenvalue weighted by atomic mass is 32.1. The van der Waals surface area contributed by atoms with Crippen molar-refractivity contribution in [3.05, 3.63) is 58.5 Å². The van der Waals surface area contributed by atoms with E-state index in [1.165, 1.54) is 23.3 Å². The molecule has 1 amide bonds. The van der Waals surface area contributed by atoms with Gasteiger partial charge in [0.2, 0.25) is 0 Å². The number of thiophene rings is 1. The van der Waals surface area contributed by atoms with Crippen LogP contribution in [0.4, 0.5) is 0 Å². The molecular weight excluding hydrogens is 518 g/mol. The molecule has 1 aromatic rings. The lowest BCUT2D eigenvalue weighted by Crippen LogP contribution is -2.25. The standard InChI is InChI=1S/C18H27NO4S.C8H16.C6H12.C2H6/c1-4-5-10-23-12-14(11-13(2)3)15-6-7-16(24-15)18(22)19-9-8-17(20)21;1-5-7(3)8(4)6-2;1-4-5-6(2)3;1-2/h5-7,10,13-14H,4,8-9,11-12H2,1-3H3,(H,19,22)(H,20,21);5,8H,6H2,1-4H3;4,6H,1,5H2,2-3H3;1-2H3/b10-5+;7-5+;;. The van der Waals surface area contributed by atoms with Gasteiger partial charge in [0, 0.05) is 17.3 Å². The van der Waals surface area contributed by atoms with E-state index in [9.17, 15) is 9.59 Å². The summed E-state index contributed by atoms with van der Waals surface area (Å²) in [5.41, 5.74) is 1.51. The SMILES string of the molecule is C/C=C(\C)C(C)CC.C=CCC(C)C.CC.CC/C=C/OCC(CC(C)C)c1ccc(C(=O)NCCC(=O)O)s1. The van der Waals surface area contributed by atoms with Gasteiger partial charge in [0.1, 0.15) is 0 Å². The fourth-order valence-electron chi connectivity index (χ4n) is 3.18. The molecule has 0 spiro atoms. The van der Waals surface area contributed by atoms with Crippen molar-refractivity contribution in [2.45, 2.75) is 114 Å². The van der Waals surface area contributed by atoms with E-state index in [0.29, 0.717) is 17.4 Å². The summed E-state index contributed by atoms with van der Waals surface area (Å²) in [5.74, 6) is 1.20. The minimum Gasteiger partial charge on any atom is -0.501 e. The van der Waals surface area contributed by atoms with Gasteiger partial charge in [-0.25, -0.2) is 0 Å². The maximum Gasteiger partial charge on any atom is 0.305 e. The molecule has 1 rings (SSSR count). The first-order valence-corrected chi connectivity index (χ1v) is 15.8. The van der Waals surface area contributed by atoms with E-state index < -0.39 is 5.97 Å². The normalized spacial score (nSPS) is 12.3. The zero-order valence-corrected chi connectivity index (χ0v) is 28.3. The van der Waals surface area contributed by atoms with Crippen LogP contribution in [0.3, 0.4) is 0 Å². The Kier molecular flexibility index (Phi) is 29.7. The van der Waals surface area contributed by atoms with Crippen molar-refractivity contribution < 1.29 is 19.4 Å². The fourth-order valence-corrected chi connectivity index (χ4v) is 4.20. The number of aliphatic carboxylic acids is 1. The molecule has 0 radical (unpaired) electrons. The lowest BCUT2D eigenvalue weighted by Gasteiger charge is -2.17. The second kappa shape index (κ2) is 28.2. The van der Waals surface area contributed by atoms with Crippen LogP contribution in [0.5, 0.6) is 0 Å². The van der Waals surface area contributed by atoms with Gasteiger partial charge in [-0.3, -0.25) is 9.59 Å². The van der Waals surface area contributed by atoms with Gasteiger partial charge < -0.3 is 15.2 Å². The number of carbonyl (C=O) groups excluding carboxylic acids is 1. The first-order valence-electron chi connectivity index (χ1n) is 15.0. The number of nitrogens with one attached hydrogen (secondary N) is 1. The number of amides is 1. The molecule has 2 N–H and O–H groups in total.